The lowest BCUT2D eigenvalue weighted by atomic mass is 10.1. The molecule has 1 amide bonds. The molecule has 1 aliphatic heterocycles. The maximum Gasteiger partial charge on any atom is 0.271 e. The number of hydrogen-bond acceptors (Lipinski definition) is 4. The van der Waals surface area contributed by atoms with Crippen LogP contribution in [0.2, 0.25) is 0 Å². The number of hydrogen-bond donors (Lipinski definition) is 1. The first-order valence-corrected chi connectivity index (χ1v) is 9.23. The summed E-state index contributed by atoms with van der Waals surface area (Å²) in [6, 6.07) is 8.60. The molecule has 1 aliphatic rings. The highest BCUT2D eigenvalue weighted by Gasteiger charge is 2.26. The monoisotopic (exact) mass is 336 g/mol. The largest absolute Gasteiger partial charge is 0.312 e. The Balaban J connectivity index is 1.89. The Morgan fingerprint density at radius 3 is 2.68 bits per heavy atom. The third-order valence-electron chi connectivity index (χ3n) is 3.56. The highest BCUT2D eigenvalue weighted by atomic mass is 32.2. The van der Waals surface area contributed by atoms with Gasteiger partial charge in [0, 0.05) is 22.8 Å². The zero-order valence-electron chi connectivity index (χ0n) is 12.3. The minimum absolute atomic E-state index is 0.0476. The number of amides is 1. The molecule has 3 rings (SSSR count). The first-order chi connectivity index (χ1) is 10.4. The number of carbonyl (C=O) groups is 1. The van der Waals surface area contributed by atoms with Crippen LogP contribution in [0.3, 0.4) is 0 Å². The Hall–Kier alpha value is -1.86. The van der Waals surface area contributed by atoms with Gasteiger partial charge in [0.05, 0.1) is 6.42 Å². The number of aryl methyl sites for hydroxylation is 1. The van der Waals surface area contributed by atoms with Gasteiger partial charge in [-0.25, -0.2) is 8.42 Å². The first-order valence-electron chi connectivity index (χ1n) is 6.93. The minimum Gasteiger partial charge on any atom is -0.312 e. The average molecular weight is 336 g/mol. The Morgan fingerprint density at radius 1 is 1.27 bits per heavy atom. The van der Waals surface area contributed by atoms with Crippen molar-refractivity contribution in [3.05, 3.63) is 40.8 Å². The predicted octanol–water partition coefficient (Wildman–Crippen LogP) is 2.77. The van der Waals surface area contributed by atoms with Crippen molar-refractivity contribution in [1.29, 1.82) is 0 Å². The second kappa shape index (κ2) is 5.40. The Bertz CT molecular complexity index is 840. The molecular formula is C15H16N2O3S2. The van der Waals surface area contributed by atoms with E-state index in [2.05, 4.69) is 4.72 Å². The molecule has 0 radical (unpaired) electrons. The topological polar surface area (TPSA) is 66.5 Å². The molecule has 5 nitrogen and oxygen atoms in total. The van der Waals surface area contributed by atoms with E-state index in [4.69, 9.17) is 0 Å². The number of benzene rings is 1. The van der Waals surface area contributed by atoms with Gasteiger partial charge < -0.3 is 4.90 Å². The lowest BCUT2D eigenvalue weighted by Crippen LogP contribution is -2.25. The quantitative estimate of drug-likeness (QED) is 0.933. The van der Waals surface area contributed by atoms with Gasteiger partial charge in [-0.2, -0.15) is 0 Å². The molecule has 7 heteroatoms. The van der Waals surface area contributed by atoms with Crippen LogP contribution in [0.15, 0.2) is 34.5 Å². The molecule has 0 bridgehead atoms. The average Bonchev–Trinajstić information content (AvgIpc) is 3.01. The third-order valence-corrected chi connectivity index (χ3v) is 6.44. The van der Waals surface area contributed by atoms with Gasteiger partial charge in [-0.15, -0.1) is 11.3 Å². The normalized spacial score (nSPS) is 14.3. The van der Waals surface area contributed by atoms with E-state index in [9.17, 15) is 13.2 Å². The van der Waals surface area contributed by atoms with E-state index >= 15 is 0 Å². The van der Waals surface area contributed by atoms with E-state index in [-0.39, 0.29) is 10.1 Å². The zero-order valence-corrected chi connectivity index (χ0v) is 13.9. The van der Waals surface area contributed by atoms with Crippen molar-refractivity contribution in [2.75, 3.05) is 16.2 Å². The molecule has 0 saturated heterocycles. The fraction of sp³-hybridized carbons (Fsp3) is 0.267. The van der Waals surface area contributed by atoms with Crippen molar-refractivity contribution >= 4 is 38.6 Å². The van der Waals surface area contributed by atoms with Crippen LogP contribution in [0.4, 0.5) is 11.4 Å². The van der Waals surface area contributed by atoms with Crippen LogP contribution in [0.25, 0.3) is 0 Å². The molecule has 116 valence electrons. The Kier molecular flexibility index (Phi) is 3.70. The third kappa shape index (κ3) is 2.62. The van der Waals surface area contributed by atoms with Crippen LogP contribution in [0.1, 0.15) is 17.4 Å². The number of thiophene rings is 1. The summed E-state index contributed by atoms with van der Waals surface area (Å²) in [6.45, 7) is 4.40. The van der Waals surface area contributed by atoms with Gasteiger partial charge in [-0.1, -0.05) is 0 Å². The second-order valence-electron chi connectivity index (χ2n) is 5.13. The van der Waals surface area contributed by atoms with E-state index in [1.807, 2.05) is 13.8 Å². The van der Waals surface area contributed by atoms with Crippen molar-refractivity contribution in [2.24, 2.45) is 0 Å². The van der Waals surface area contributed by atoms with Gasteiger partial charge >= 0.3 is 0 Å². The maximum atomic E-state index is 12.3. The van der Waals surface area contributed by atoms with E-state index in [0.717, 1.165) is 16.1 Å². The lowest BCUT2D eigenvalue weighted by Gasteiger charge is -2.15. The van der Waals surface area contributed by atoms with Crippen molar-refractivity contribution in [1.82, 2.24) is 0 Å². The molecule has 0 aliphatic carbocycles. The summed E-state index contributed by atoms with van der Waals surface area (Å²) >= 11 is 1.23. The van der Waals surface area contributed by atoms with E-state index in [0.29, 0.717) is 18.7 Å². The van der Waals surface area contributed by atoms with Crippen LogP contribution in [0, 0.1) is 6.92 Å². The number of anilines is 2. The maximum absolute atomic E-state index is 12.3. The molecule has 0 unspecified atom stereocenters. The summed E-state index contributed by atoms with van der Waals surface area (Å²) < 4.78 is 27.5. The summed E-state index contributed by atoms with van der Waals surface area (Å²) in [4.78, 5) is 14.5. The van der Waals surface area contributed by atoms with Crippen LogP contribution in [0.5, 0.6) is 0 Å². The molecule has 2 heterocycles. The van der Waals surface area contributed by atoms with Gasteiger partial charge in [0.25, 0.3) is 10.0 Å². The Labute approximate surface area is 133 Å². The smallest absolute Gasteiger partial charge is 0.271 e. The second-order valence-corrected chi connectivity index (χ2v) is 8.33. The fourth-order valence-electron chi connectivity index (χ4n) is 2.56. The number of nitrogens with zero attached hydrogens (tertiary/aromatic N) is 1. The molecule has 0 fully saturated rings. The van der Waals surface area contributed by atoms with Crippen LogP contribution in [-0.2, 0) is 21.2 Å². The summed E-state index contributed by atoms with van der Waals surface area (Å²) in [5.41, 5.74) is 2.20. The van der Waals surface area contributed by atoms with Crippen molar-refractivity contribution in [3.63, 3.8) is 0 Å². The number of fused-ring (bicyclic) bond motifs is 1. The standard InChI is InChI=1S/C15H16N2O3S2/c1-3-17-13-6-5-12(8-11(13)9-14(17)18)16-22(19,20)15-7-4-10(2)21-15/h4-8,16H,3,9H2,1-2H3. The molecule has 1 N–H and O–H groups in total. The van der Waals surface area contributed by atoms with Crippen LogP contribution < -0.4 is 9.62 Å². The molecule has 0 saturated carbocycles. The summed E-state index contributed by atoms with van der Waals surface area (Å²) in [5.74, 6) is 0.0476. The summed E-state index contributed by atoms with van der Waals surface area (Å²) in [7, 11) is -3.57. The fourth-order valence-corrected chi connectivity index (χ4v) is 4.89. The number of nitrogens with one attached hydrogen (secondary N) is 1. The number of carbonyl (C=O) groups excluding carboxylic acids is 1. The predicted molar refractivity (Wildman–Crippen MR) is 88.0 cm³/mol. The van der Waals surface area contributed by atoms with E-state index in [1.54, 1.807) is 35.2 Å². The van der Waals surface area contributed by atoms with Gasteiger partial charge in [0.15, 0.2) is 0 Å². The van der Waals surface area contributed by atoms with Crippen molar-refractivity contribution in [2.45, 2.75) is 24.5 Å². The zero-order chi connectivity index (χ0) is 15.9. The van der Waals surface area contributed by atoms with Crippen molar-refractivity contribution in [3.8, 4) is 0 Å². The molecule has 0 spiro atoms. The van der Waals surface area contributed by atoms with Crippen LogP contribution in [-0.4, -0.2) is 20.9 Å². The number of rotatable bonds is 4. The number of likely N-dealkylation sites (N-methyl/N-ethyl adjacent to an activating group) is 1. The summed E-state index contributed by atoms with van der Waals surface area (Å²) in [5, 5.41) is 0. The lowest BCUT2D eigenvalue weighted by molar-refractivity contribution is -0.117. The highest BCUT2D eigenvalue weighted by molar-refractivity contribution is 7.94. The van der Waals surface area contributed by atoms with Gasteiger partial charge in [-0.05, 0) is 49.7 Å². The highest BCUT2D eigenvalue weighted by Crippen LogP contribution is 2.32. The molecule has 1 aromatic heterocycles. The van der Waals surface area contributed by atoms with E-state index < -0.39 is 10.0 Å². The Morgan fingerprint density at radius 2 is 2.05 bits per heavy atom. The minimum atomic E-state index is -3.57. The molecular weight excluding hydrogens is 320 g/mol. The van der Waals surface area contributed by atoms with Gasteiger partial charge in [0.2, 0.25) is 5.91 Å². The van der Waals surface area contributed by atoms with Gasteiger partial charge in [0.1, 0.15) is 4.21 Å². The van der Waals surface area contributed by atoms with Crippen molar-refractivity contribution < 1.29 is 13.2 Å². The summed E-state index contributed by atoms with van der Waals surface area (Å²) in [6.07, 6.45) is 0.316. The molecule has 22 heavy (non-hydrogen) atoms. The van der Waals surface area contributed by atoms with Gasteiger partial charge in [-0.3, -0.25) is 9.52 Å². The first kappa shape index (κ1) is 15.1. The molecule has 2 aromatic rings. The molecule has 0 atom stereocenters. The number of sulfonamides is 1. The molecule has 1 aromatic carbocycles. The van der Waals surface area contributed by atoms with Crippen LogP contribution >= 0.6 is 11.3 Å². The van der Waals surface area contributed by atoms with E-state index in [1.165, 1.54) is 11.3 Å². The SMILES string of the molecule is CCN1C(=O)Cc2cc(NS(=O)(=O)c3ccc(C)s3)ccc21.